The minimum absolute atomic E-state index is 0.554. The molecule has 1 aliphatic heterocycles. The van der Waals surface area contributed by atoms with E-state index in [-0.39, 0.29) is 0 Å². The maximum absolute atomic E-state index is 4.51. The van der Waals surface area contributed by atoms with E-state index in [0.29, 0.717) is 11.8 Å². The summed E-state index contributed by atoms with van der Waals surface area (Å²) in [6.07, 6.45) is 12.5. The summed E-state index contributed by atoms with van der Waals surface area (Å²) in [6, 6.07) is 2.02. The number of hydrogen-bond donors (Lipinski definition) is 0. The minimum Gasteiger partial charge on any atom is -0.356 e. The molecule has 1 atom stereocenters. The third-order valence-electron chi connectivity index (χ3n) is 5.42. The monoisotopic (exact) mass is 364 g/mol. The zero-order chi connectivity index (χ0) is 18.2. The lowest BCUT2D eigenvalue weighted by atomic mass is 9.98. The van der Waals surface area contributed by atoms with Crippen molar-refractivity contribution in [2.45, 2.75) is 45.1 Å². The lowest BCUT2D eigenvalue weighted by molar-refractivity contribution is 0.347. The van der Waals surface area contributed by atoms with Crippen molar-refractivity contribution in [3.05, 3.63) is 42.2 Å². The molecule has 3 aromatic heterocycles. The Hall–Kier alpha value is -2.77. The Morgan fingerprint density at radius 3 is 2.81 bits per heavy atom. The number of piperidine rings is 1. The number of hydrogen-bond acceptors (Lipinski definition) is 6. The zero-order valence-corrected chi connectivity index (χ0v) is 15.6. The molecule has 1 saturated carbocycles. The molecular weight excluding hydrogens is 340 g/mol. The van der Waals surface area contributed by atoms with E-state index in [4.69, 9.17) is 0 Å². The van der Waals surface area contributed by atoms with E-state index < -0.39 is 0 Å². The number of nitrogens with zero attached hydrogens (tertiary/aromatic N) is 8. The summed E-state index contributed by atoms with van der Waals surface area (Å²) in [7, 11) is 0. The molecule has 0 bridgehead atoms. The van der Waals surface area contributed by atoms with E-state index in [1.165, 1.54) is 19.3 Å². The van der Waals surface area contributed by atoms with Crippen molar-refractivity contribution in [3.8, 4) is 5.82 Å². The van der Waals surface area contributed by atoms with E-state index >= 15 is 0 Å². The second kappa shape index (κ2) is 6.75. The average Bonchev–Trinajstić information content (AvgIpc) is 3.29. The number of rotatable bonds is 5. The molecule has 8 nitrogen and oxygen atoms in total. The van der Waals surface area contributed by atoms with Gasteiger partial charge in [-0.1, -0.05) is 5.21 Å². The Bertz CT molecular complexity index is 925. The van der Waals surface area contributed by atoms with Gasteiger partial charge in [-0.2, -0.15) is 5.10 Å². The highest BCUT2D eigenvalue weighted by Crippen LogP contribution is 2.38. The predicted octanol–water partition coefficient (Wildman–Crippen LogP) is 2.36. The molecule has 0 amide bonds. The largest absolute Gasteiger partial charge is 0.356 e. The zero-order valence-electron chi connectivity index (χ0n) is 15.6. The Balaban J connectivity index is 1.28. The highest BCUT2D eigenvalue weighted by atomic mass is 15.4. The maximum atomic E-state index is 4.51. The molecule has 4 heterocycles. The summed E-state index contributed by atoms with van der Waals surface area (Å²) in [4.78, 5) is 11.2. The van der Waals surface area contributed by atoms with Crippen LogP contribution in [0.4, 0.5) is 5.82 Å². The fourth-order valence-electron chi connectivity index (χ4n) is 3.83. The van der Waals surface area contributed by atoms with Crippen LogP contribution in [0.25, 0.3) is 5.82 Å². The summed E-state index contributed by atoms with van der Waals surface area (Å²) in [5.74, 6) is 2.99. The molecule has 27 heavy (non-hydrogen) atoms. The standard InChI is InChI=1S/C19H24N8/c1-14-8-22-27(9-14)19-7-18(20-13-21-19)25-6-2-3-15(10-25)11-26-12-17(23-24-26)16-4-5-16/h7-9,12-13,15-16H,2-6,10-11H2,1H3/t15-/m0/s1. The first-order valence-electron chi connectivity index (χ1n) is 9.73. The van der Waals surface area contributed by atoms with Gasteiger partial charge < -0.3 is 4.90 Å². The Labute approximate surface area is 158 Å². The topological polar surface area (TPSA) is 77.5 Å². The molecule has 5 rings (SSSR count). The van der Waals surface area contributed by atoms with E-state index in [1.54, 1.807) is 11.0 Å². The summed E-state index contributed by atoms with van der Waals surface area (Å²) < 4.78 is 3.83. The van der Waals surface area contributed by atoms with Crippen LogP contribution in [-0.2, 0) is 6.54 Å². The molecule has 2 aliphatic rings. The van der Waals surface area contributed by atoms with E-state index in [9.17, 15) is 0 Å². The van der Waals surface area contributed by atoms with Crippen molar-refractivity contribution in [3.63, 3.8) is 0 Å². The lowest BCUT2D eigenvalue weighted by Crippen LogP contribution is -2.37. The van der Waals surface area contributed by atoms with Crippen molar-refractivity contribution in [2.75, 3.05) is 18.0 Å². The number of anilines is 1. The molecule has 0 radical (unpaired) electrons. The maximum Gasteiger partial charge on any atom is 0.158 e. The first-order chi connectivity index (χ1) is 13.2. The first kappa shape index (κ1) is 16.4. The van der Waals surface area contributed by atoms with Crippen molar-refractivity contribution < 1.29 is 0 Å². The second-order valence-electron chi connectivity index (χ2n) is 7.79. The average molecular weight is 364 g/mol. The predicted molar refractivity (Wildman–Crippen MR) is 101 cm³/mol. The van der Waals surface area contributed by atoms with Crippen molar-refractivity contribution in [1.82, 2.24) is 34.7 Å². The molecule has 8 heteroatoms. The fourth-order valence-corrected chi connectivity index (χ4v) is 3.83. The Morgan fingerprint density at radius 1 is 1.11 bits per heavy atom. The van der Waals surface area contributed by atoms with Gasteiger partial charge in [-0.05, 0) is 44.1 Å². The normalized spacial score (nSPS) is 20.2. The van der Waals surface area contributed by atoms with Crippen LogP contribution in [0, 0.1) is 12.8 Å². The smallest absolute Gasteiger partial charge is 0.158 e. The van der Waals surface area contributed by atoms with Crippen LogP contribution in [0.3, 0.4) is 0 Å². The van der Waals surface area contributed by atoms with Gasteiger partial charge in [0, 0.05) is 44.0 Å². The van der Waals surface area contributed by atoms with Gasteiger partial charge in [-0.3, -0.25) is 4.68 Å². The quantitative estimate of drug-likeness (QED) is 0.692. The van der Waals surface area contributed by atoms with Gasteiger partial charge in [0.2, 0.25) is 0 Å². The summed E-state index contributed by atoms with van der Waals surface area (Å²) in [5.41, 5.74) is 2.28. The first-order valence-corrected chi connectivity index (χ1v) is 9.73. The van der Waals surface area contributed by atoms with Gasteiger partial charge in [-0.25, -0.2) is 14.6 Å². The van der Waals surface area contributed by atoms with Crippen LogP contribution in [0.5, 0.6) is 0 Å². The number of aromatic nitrogens is 7. The second-order valence-corrected chi connectivity index (χ2v) is 7.79. The van der Waals surface area contributed by atoms with Gasteiger partial charge in [0.05, 0.1) is 11.9 Å². The Kier molecular flexibility index (Phi) is 4.10. The van der Waals surface area contributed by atoms with Crippen molar-refractivity contribution in [2.24, 2.45) is 5.92 Å². The van der Waals surface area contributed by atoms with Crippen LogP contribution in [-0.4, -0.2) is 47.8 Å². The summed E-state index contributed by atoms with van der Waals surface area (Å²) in [5, 5.41) is 13.0. The molecule has 140 valence electrons. The van der Waals surface area contributed by atoms with Crippen molar-refractivity contribution in [1.29, 1.82) is 0 Å². The van der Waals surface area contributed by atoms with Crippen molar-refractivity contribution >= 4 is 5.82 Å². The fraction of sp³-hybridized carbons (Fsp3) is 0.526. The van der Waals surface area contributed by atoms with E-state index in [1.807, 2.05) is 30.1 Å². The molecule has 1 saturated heterocycles. The molecule has 0 unspecified atom stereocenters. The molecular formula is C19H24N8. The molecule has 2 fully saturated rings. The van der Waals surface area contributed by atoms with E-state index in [0.717, 1.165) is 48.9 Å². The third kappa shape index (κ3) is 3.56. The van der Waals surface area contributed by atoms with Gasteiger partial charge in [0.15, 0.2) is 5.82 Å². The molecule has 1 aliphatic carbocycles. The van der Waals surface area contributed by atoms with Crippen LogP contribution < -0.4 is 4.90 Å². The minimum atomic E-state index is 0.554. The van der Waals surface area contributed by atoms with Gasteiger partial charge >= 0.3 is 0 Å². The highest BCUT2D eigenvalue weighted by molar-refractivity contribution is 5.43. The Morgan fingerprint density at radius 2 is 2.00 bits per heavy atom. The molecule has 3 aromatic rings. The molecule has 0 spiro atoms. The summed E-state index contributed by atoms with van der Waals surface area (Å²) >= 11 is 0. The third-order valence-corrected chi connectivity index (χ3v) is 5.42. The van der Waals surface area contributed by atoms with Crippen LogP contribution >= 0.6 is 0 Å². The van der Waals surface area contributed by atoms with E-state index in [2.05, 4.69) is 36.5 Å². The van der Waals surface area contributed by atoms with Gasteiger partial charge in [0.1, 0.15) is 12.1 Å². The van der Waals surface area contributed by atoms with Gasteiger partial charge in [0.25, 0.3) is 0 Å². The lowest BCUT2D eigenvalue weighted by Gasteiger charge is -2.33. The summed E-state index contributed by atoms with van der Waals surface area (Å²) in [6.45, 7) is 4.95. The highest BCUT2D eigenvalue weighted by Gasteiger charge is 2.27. The SMILES string of the molecule is Cc1cnn(-c2cc(N3CCC[C@H](Cn4cc(C5CC5)nn4)C3)ncn2)c1. The molecule has 0 N–H and O–H groups in total. The molecule has 0 aromatic carbocycles. The van der Waals surface area contributed by atoms with Gasteiger partial charge in [-0.15, -0.1) is 5.10 Å². The number of aryl methyl sites for hydroxylation is 1. The van der Waals surface area contributed by atoms with Crippen LogP contribution in [0.2, 0.25) is 0 Å². The van der Waals surface area contributed by atoms with Crippen LogP contribution in [0.1, 0.15) is 42.9 Å². The van der Waals surface area contributed by atoms with Crippen LogP contribution in [0.15, 0.2) is 31.0 Å².